The van der Waals surface area contributed by atoms with Crippen molar-refractivity contribution in [1.82, 2.24) is 29.5 Å². The van der Waals surface area contributed by atoms with Crippen LogP contribution < -0.4 is 4.74 Å². The summed E-state index contributed by atoms with van der Waals surface area (Å²) in [6.07, 6.45) is 4.96. The highest BCUT2D eigenvalue weighted by Crippen LogP contribution is 2.46. The zero-order chi connectivity index (χ0) is 29.8. The summed E-state index contributed by atoms with van der Waals surface area (Å²) in [7, 11) is -0.294. The molecular formula is C32H36N7O3Si+. The van der Waals surface area contributed by atoms with Crippen LogP contribution in [0.4, 0.5) is 0 Å². The van der Waals surface area contributed by atoms with Gasteiger partial charge in [-0.3, -0.25) is 14.7 Å². The predicted molar refractivity (Wildman–Crippen MR) is 165 cm³/mol. The smallest absolute Gasteiger partial charge is 0.310 e. The molecule has 43 heavy (non-hydrogen) atoms. The Labute approximate surface area is 253 Å². The Morgan fingerprint density at radius 2 is 1.91 bits per heavy atom. The molecule has 220 valence electrons. The number of hydrogen-bond acceptors (Lipinski definition) is 8. The number of pyridine rings is 2. The molecule has 4 aromatic rings. The molecule has 1 aromatic carbocycles. The van der Waals surface area contributed by atoms with Gasteiger partial charge in [-0.05, 0) is 49.2 Å². The number of rotatable bonds is 11. The summed E-state index contributed by atoms with van der Waals surface area (Å²) in [6.45, 7) is 9.33. The molecule has 4 heterocycles. The highest BCUT2D eigenvalue weighted by atomic mass is 28.3. The monoisotopic (exact) mass is 594 g/mol. The van der Waals surface area contributed by atoms with E-state index < -0.39 is 5.41 Å². The third-order valence-corrected chi connectivity index (χ3v) is 9.27. The van der Waals surface area contributed by atoms with Crippen LogP contribution in [0.2, 0.25) is 19.1 Å². The van der Waals surface area contributed by atoms with Gasteiger partial charge in [0.05, 0.1) is 48.7 Å². The predicted octanol–water partition coefficient (Wildman–Crippen LogP) is 4.96. The number of nitriles is 1. The first-order valence-corrected chi connectivity index (χ1v) is 17.5. The van der Waals surface area contributed by atoms with Gasteiger partial charge in [-0.2, -0.15) is 10.4 Å². The molecule has 2 fully saturated rings. The minimum atomic E-state index is -0.738. The van der Waals surface area contributed by atoms with Gasteiger partial charge in [-0.25, -0.2) is 9.67 Å². The van der Waals surface area contributed by atoms with Crippen molar-refractivity contribution in [2.75, 3.05) is 32.8 Å². The number of amides is 1. The van der Waals surface area contributed by atoms with Crippen molar-refractivity contribution in [3.8, 4) is 29.0 Å². The fourth-order valence-electron chi connectivity index (χ4n) is 5.26. The SMILES string of the molecule is C[Si+](C)CCOCn1nccc1-c1ccc(Oc2ccc3nc(CN4CCN(C(=O)C5(C#N)CC5)CC4)ccc3c2)nc1. The van der Waals surface area contributed by atoms with E-state index in [0.29, 0.717) is 44.3 Å². The third kappa shape index (κ3) is 6.77. The van der Waals surface area contributed by atoms with Crippen molar-refractivity contribution in [3.63, 3.8) is 0 Å². The van der Waals surface area contributed by atoms with Crippen molar-refractivity contribution in [2.24, 2.45) is 5.41 Å². The zero-order valence-electron chi connectivity index (χ0n) is 24.7. The Morgan fingerprint density at radius 1 is 1.07 bits per heavy atom. The van der Waals surface area contributed by atoms with Crippen LogP contribution in [0.3, 0.4) is 0 Å². The second-order valence-electron chi connectivity index (χ2n) is 11.6. The van der Waals surface area contributed by atoms with E-state index in [1.807, 2.05) is 52.0 Å². The van der Waals surface area contributed by atoms with E-state index in [9.17, 15) is 10.1 Å². The molecule has 3 aromatic heterocycles. The molecule has 0 bridgehead atoms. The normalized spacial score (nSPS) is 16.2. The lowest BCUT2D eigenvalue weighted by molar-refractivity contribution is -0.136. The van der Waals surface area contributed by atoms with Gasteiger partial charge in [0.25, 0.3) is 0 Å². The van der Waals surface area contributed by atoms with Crippen LogP contribution in [0.1, 0.15) is 18.5 Å². The number of carbonyl (C=O) groups is 1. The fourth-order valence-corrected chi connectivity index (χ4v) is 5.81. The maximum absolute atomic E-state index is 12.7. The van der Waals surface area contributed by atoms with E-state index in [2.05, 4.69) is 40.2 Å². The van der Waals surface area contributed by atoms with Crippen LogP contribution in [0.5, 0.6) is 11.6 Å². The van der Waals surface area contributed by atoms with Gasteiger partial charge in [0.1, 0.15) is 17.9 Å². The number of ether oxygens (including phenoxy) is 2. The summed E-state index contributed by atoms with van der Waals surface area (Å²) < 4.78 is 13.7. The molecule has 0 atom stereocenters. The van der Waals surface area contributed by atoms with Crippen LogP contribution in [-0.2, 0) is 22.8 Å². The topological polar surface area (TPSA) is 109 Å². The largest absolute Gasteiger partial charge is 0.439 e. The first-order valence-electron chi connectivity index (χ1n) is 14.8. The number of aromatic nitrogens is 4. The lowest BCUT2D eigenvalue weighted by Gasteiger charge is -2.35. The summed E-state index contributed by atoms with van der Waals surface area (Å²) in [6, 6.07) is 19.1. The lowest BCUT2D eigenvalue weighted by Crippen LogP contribution is -2.50. The van der Waals surface area contributed by atoms with Crippen molar-refractivity contribution in [2.45, 2.75) is 45.3 Å². The molecule has 1 amide bonds. The van der Waals surface area contributed by atoms with E-state index in [-0.39, 0.29) is 14.7 Å². The molecule has 10 nitrogen and oxygen atoms in total. The summed E-state index contributed by atoms with van der Waals surface area (Å²) in [5.41, 5.74) is 3.04. The van der Waals surface area contributed by atoms with Gasteiger partial charge in [0, 0.05) is 62.1 Å². The maximum Gasteiger partial charge on any atom is 0.310 e. The average molecular weight is 595 g/mol. The van der Waals surface area contributed by atoms with Crippen molar-refractivity contribution in [3.05, 3.63) is 66.6 Å². The minimum Gasteiger partial charge on any atom is -0.439 e. The fraction of sp³-hybridized carbons (Fsp3) is 0.406. The van der Waals surface area contributed by atoms with Crippen molar-refractivity contribution < 1.29 is 14.3 Å². The molecule has 0 unspecified atom stereocenters. The molecule has 6 rings (SSSR count). The Hall–Kier alpha value is -4.11. The van der Waals surface area contributed by atoms with Gasteiger partial charge >= 0.3 is 8.80 Å². The van der Waals surface area contributed by atoms with Crippen molar-refractivity contribution >= 4 is 25.6 Å². The molecule has 0 N–H and O–H groups in total. The first kappa shape index (κ1) is 29.0. The van der Waals surface area contributed by atoms with Crippen LogP contribution in [0.15, 0.2) is 60.9 Å². The Morgan fingerprint density at radius 3 is 2.63 bits per heavy atom. The summed E-state index contributed by atoms with van der Waals surface area (Å²) in [5, 5.41) is 14.7. The number of hydrogen-bond donors (Lipinski definition) is 0. The maximum atomic E-state index is 12.7. The van der Waals surface area contributed by atoms with Crippen LogP contribution in [-0.4, -0.2) is 77.0 Å². The average Bonchev–Trinajstić information content (AvgIpc) is 3.69. The second kappa shape index (κ2) is 12.6. The van der Waals surface area contributed by atoms with Crippen LogP contribution >= 0.6 is 0 Å². The number of carbonyl (C=O) groups excluding carboxylic acids is 1. The highest BCUT2D eigenvalue weighted by Gasteiger charge is 2.52. The molecule has 1 saturated heterocycles. The van der Waals surface area contributed by atoms with Gasteiger partial charge in [-0.15, -0.1) is 0 Å². The van der Waals surface area contributed by atoms with Crippen molar-refractivity contribution in [1.29, 1.82) is 5.26 Å². The second-order valence-corrected chi connectivity index (χ2v) is 14.5. The summed E-state index contributed by atoms with van der Waals surface area (Å²) >= 11 is 0. The van der Waals surface area contributed by atoms with Crippen LogP contribution in [0, 0.1) is 16.7 Å². The van der Waals surface area contributed by atoms with Gasteiger partial charge in [-0.1, -0.05) is 6.07 Å². The highest BCUT2D eigenvalue weighted by molar-refractivity contribution is 6.55. The van der Waals surface area contributed by atoms with E-state index in [1.54, 1.807) is 12.4 Å². The molecule has 11 heteroatoms. The van der Waals surface area contributed by atoms with E-state index >= 15 is 0 Å². The van der Waals surface area contributed by atoms with Crippen LogP contribution in [0.25, 0.3) is 22.2 Å². The third-order valence-electron chi connectivity index (χ3n) is 8.07. The quantitative estimate of drug-likeness (QED) is 0.177. The first-order chi connectivity index (χ1) is 20.9. The van der Waals surface area contributed by atoms with E-state index in [0.717, 1.165) is 60.1 Å². The minimum absolute atomic E-state index is 0.00821. The standard InChI is InChI=1S/C32H36N7O3Si/c1-43(2)18-17-41-23-39-29(9-12-35-39)25-4-8-30(34-20-25)42-27-6-7-28-24(19-27)3-5-26(36-28)21-37-13-15-38(16-14-37)31(40)32(22-33)10-11-32/h3-9,12,19-20H,10-11,13-18,21,23H2,1-2H3/q+1. The Bertz CT molecular complexity index is 1620. The number of fused-ring (bicyclic) bond motifs is 1. The lowest BCUT2D eigenvalue weighted by atomic mass is 10.1. The summed E-state index contributed by atoms with van der Waals surface area (Å²) in [5.74, 6) is 1.21. The summed E-state index contributed by atoms with van der Waals surface area (Å²) in [4.78, 5) is 26.2. The number of nitrogens with zero attached hydrogens (tertiary/aromatic N) is 7. The molecule has 0 spiro atoms. The van der Waals surface area contributed by atoms with E-state index in [1.165, 1.54) is 0 Å². The molecule has 1 aliphatic heterocycles. The Kier molecular flexibility index (Phi) is 8.51. The van der Waals surface area contributed by atoms with Gasteiger partial charge in [0.2, 0.25) is 11.8 Å². The molecule has 2 aliphatic rings. The molecular weight excluding hydrogens is 558 g/mol. The number of benzene rings is 1. The molecule has 1 aliphatic carbocycles. The molecule has 1 saturated carbocycles. The Balaban J connectivity index is 1.03. The van der Waals surface area contributed by atoms with Gasteiger partial charge in [0.15, 0.2) is 0 Å². The van der Waals surface area contributed by atoms with Gasteiger partial charge < -0.3 is 14.4 Å². The molecule has 0 radical (unpaired) electrons. The zero-order valence-corrected chi connectivity index (χ0v) is 25.7. The van der Waals surface area contributed by atoms with E-state index in [4.69, 9.17) is 14.5 Å². The number of piperazine rings is 1.